The van der Waals surface area contributed by atoms with Crippen LogP contribution in [0.4, 0.5) is 0 Å². The number of hydrogen-bond donors (Lipinski definition) is 1. The lowest BCUT2D eigenvalue weighted by molar-refractivity contribution is 0.219. The van der Waals surface area contributed by atoms with E-state index in [1.165, 1.54) is 5.56 Å². The highest BCUT2D eigenvalue weighted by Crippen LogP contribution is 2.25. The van der Waals surface area contributed by atoms with Crippen molar-refractivity contribution in [3.8, 4) is 0 Å². The van der Waals surface area contributed by atoms with Gasteiger partial charge in [0.2, 0.25) is 0 Å². The highest BCUT2D eigenvalue weighted by atomic mass is 16.3. The van der Waals surface area contributed by atoms with Gasteiger partial charge in [-0.25, -0.2) is 0 Å². The summed E-state index contributed by atoms with van der Waals surface area (Å²) in [5, 5.41) is 9.11. The van der Waals surface area contributed by atoms with Crippen LogP contribution in [0.3, 0.4) is 0 Å². The molecule has 0 aliphatic heterocycles. The molecule has 0 unspecified atom stereocenters. The highest BCUT2D eigenvalue weighted by Gasteiger charge is 2.19. The molecule has 0 bridgehead atoms. The molecule has 15 heavy (non-hydrogen) atoms. The maximum atomic E-state index is 9.11. The summed E-state index contributed by atoms with van der Waals surface area (Å²) in [6.45, 7) is 2.45. The smallest absolute Gasteiger partial charge is 0.0437 e. The molecule has 2 atom stereocenters. The zero-order valence-electron chi connectivity index (χ0n) is 9.85. The van der Waals surface area contributed by atoms with E-state index in [-0.39, 0.29) is 6.61 Å². The van der Waals surface area contributed by atoms with Crippen LogP contribution < -0.4 is 0 Å². The van der Waals surface area contributed by atoms with Gasteiger partial charge < -0.3 is 10.0 Å². The predicted molar refractivity (Wildman–Crippen MR) is 64.0 cm³/mol. The number of aliphatic hydroxyl groups is 1. The molecule has 0 aromatic heterocycles. The number of rotatable bonds is 5. The standard InChI is InChI=1S/C13H21NO/c1-11(14(2)3)13(9-10-15)12-7-5-4-6-8-12/h4-8,11,13,15H,9-10H2,1-3H3/t11-,13+/m0/s1. The van der Waals surface area contributed by atoms with Gasteiger partial charge in [-0.1, -0.05) is 30.3 Å². The van der Waals surface area contributed by atoms with Crippen LogP contribution in [0, 0.1) is 0 Å². The van der Waals surface area contributed by atoms with E-state index in [0.29, 0.717) is 12.0 Å². The molecule has 0 fully saturated rings. The highest BCUT2D eigenvalue weighted by molar-refractivity contribution is 5.21. The monoisotopic (exact) mass is 207 g/mol. The first-order chi connectivity index (χ1) is 7.16. The van der Waals surface area contributed by atoms with Gasteiger partial charge >= 0.3 is 0 Å². The molecule has 0 heterocycles. The zero-order chi connectivity index (χ0) is 11.3. The fraction of sp³-hybridized carbons (Fsp3) is 0.538. The topological polar surface area (TPSA) is 23.5 Å². The molecule has 2 heteroatoms. The summed E-state index contributed by atoms with van der Waals surface area (Å²) in [7, 11) is 4.16. The first-order valence-electron chi connectivity index (χ1n) is 5.49. The van der Waals surface area contributed by atoms with Crippen molar-refractivity contribution in [3.63, 3.8) is 0 Å². The third-order valence-corrected chi connectivity index (χ3v) is 3.06. The van der Waals surface area contributed by atoms with Gasteiger partial charge in [-0.05, 0) is 33.0 Å². The summed E-state index contributed by atoms with van der Waals surface area (Å²) in [5.74, 6) is 0.409. The third-order valence-electron chi connectivity index (χ3n) is 3.06. The fourth-order valence-electron chi connectivity index (χ4n) is 1.89. The molecular formula is C13H21NO. The molecule has 1 N–H and O–H groups in total. The molecule has 0 saturated heterocycles. The Kier molecular flexibility index (Phi) is 4.79. The van der Waals surface area contributed by atoms with E-state index in [0.717, 1.165) is 6.42 Å². The second-order valence-corrected chi connectivity index (χ2v) is 4.23. The molecule has 1 aromatic rings. The van der Waals surface area contributed by atoms with Crippen molar-refractivity contribution < 1.29 is 5.11 Å². The average molecular weight is 207 g/mol. The third kappa shape index (κ3) is 3.33. The van der Waals surface area contributed by atoms with Crippen LogP contribution >= 0.6 is 0 Å². The van der Waals surface area contributed by atoms with Gasteiger partial charge in [0, 0.05) is 18.6 Å². The van der Waals surface area contributed by atoms with Gasteiger partial charge in [-0.2, -0.15) is 0 Å². The lowest BCUT2D eigenvalue weighted by Gasteiger charge is -2.29. The molecule has 0 saturated carbocycles. The number of hydrogen-bond acceptors (Lipinski definition) is 2. The van der Waals surface area contributed by atoms with Crippen molar-refractivity contribution in [3.05, 3.63) is 35.9 Å². The van der Waals surface area contributed by atoms with Gasteiger partial charge in [0.05, 0.1) is 0 Å². The Bertz CT molecular complexity index is 271. The molecule has 84 valence electrons. The van der Waals surface area contributed by atoms with E-state index in [4.69, 9.17) is 5.11 Å². The molecule has 0 spiro atoms. The van der Waals surface area contributed by atoms with Crippen LogP contribution in [-0.4, -0.2) is 36.8 Å². The fourth-order valence-corrected chi connectivity index (χ4v) is 1.89. The van der Waals surface area contributed by atoms with E-state index >= 15 is 0 Å². The number of benzene rings is 1. The van der Waals surface area contributed by atoms with Crippen molar-refractivity contribution in [1.29, 1.82) is 0 Å². The summed E-state index contributed by atoms with van der Waals surface area (Å²) in [5.41, 5.74) is 1.31. The Labute approximate surface area is 92.5 Å². The van der Waals surface area contributed by atoms with Crippen LogP contribution in [0.5, 0.6) is 0 Å². The molecule has 1 aromatic carbocycles. The SMILES string of the molecule is C[C@@H]([C@@H](CCO)c1ccccc1)N(C)C. The minimum absolute atomic E-state index is 0.248. The summed E-state index contributed by atoms with van der Waals surface area (Å²) in [4.78, 5) is 2.20. The number of nitrogens with zero attached hydrogens (tertiary/aromatic N) is 1. The van der Waals surface area contributed by atoms with E-state index in [2.05, 4.69) is 50.2 Å². The number of aliphatic hydroxyl groups excluding tert-OH is 1. The predicted octanol–water partition coefficient (Wildman–Crippen LogP) is 2.10. The largest absolute Gasteiger partial charge is 0.396 e. The van der Waals surface area contributed by atoms with E-state index in [1.807, 2.05) is 6.07 Å². The van der Waals surface area contributed by atoms with Crippen LogP contribution in [0.15, 0.2) is 30.3 Å². The normalized spacial score (nSPS) is 15.3. The molecular weight excluding hydrogens is 186 g/mol. The van der Waals surface area contributed by atoms with Crippen molar-refractivity contribution >= 4 is 0 Å². The van der Waals surface area contributed by atoms with E-state index in [1.54, 1.807) is 0 Å². The van der Waals surface area contributed by atoms with Crippen LogP contribution in [0.1, 0.15) is 24.8 Å². The maximum absolute atomic E-state index is 9.11. The van der Waals surface area contributed by atoms with Gasteiger partial charge in [0.1, 0.15) is 0 Å². The second-order valence-electron chi connectivity index (χ2n) is 4.23. The van der Waals surface area contributed by atoms with E-state index < -0.39 is 0 Å². The summed E-state index contributed by atoms with van der Waals surface area (Å²) in [6.07, 6.45) is 0.823. The summed E-state index contributed by atoms with van der Waals surface area (Å²) < 4.78 is 0. The maximum Gasteiger partial charge on any atom is 0.0437 e. The molecule has 0 radical (unpaired) electrons. The van der Waals surface area contributed by atoms with Crippen molar-refractivity contribution in [2.45, 2.75) is 25.3 Å². The minimum atomic E-state index is 0.248. The summed E-state index contributed by atoms with van der Waals surface area (Å²) in [6, 6.07) is 10.9. The lowest BCUT2D eigenvalue weighted by Crippen LogP contribution is -2.31. The van der Waals surface area contributed by atoms with E-state index in [9.17, 15) is 0 Å². The number of likely N-dealkylation sites (N-methyl/N-ethyl adjacent to an activating group) is 1. The Morgan fingerprint density at radius 2 is 1.80 bits per heavy atom. The molecule has 0 aliphatic carbocycles. The molecule has 2 nitrogen and oxygen atoms in total. The first kappa shape index (κ1) is 12.2. The van der Waals surface area contributed by atoms with Gasteiger partial charge in [0.25, 0.3) is 0 Å². The Balaban J connectivity index is 2.83. The quantitative estimate of drug-likeness (QED) is 0.799. The van der Waals surface area contributed by atoms with Crippen LogP contribution in [0.25, 0.3) is 0 Å². The lowest BCUT2D eigenvalue weighted by atomic mass is 9.89. The molecule has 1 rings (SSSR count). The Morgan fingerprint density at radius 1 is 1.20 bits per heavy atom. The Morgan fingerprint density at radius 3 is 2.27 bits per heavy atom. The van der Waals surface area contributed by atoms with Crippen LogP contribution in [0.2, 0.25) is 0 Å². The second kappa shape index (κ2) is 5.89. The van der Waals surface area contributed by atoms with Gasteiger partial charge in [-0.15, -0.1) is 0 Å². The van der Waals surface area contributed by atoms with Crippen LogP contribution in [-0.2, 0) is 0 Å². The first-order valence-corrected chi connectivity index (χ1v) is 5.49. The van der Waals surface area contributed by atoms with Crippen molar-refractivity contribution in [2.75, 3.05) is 20.7 Å². The van der Waals surface area contributed by atoms with Crippen molar-refractivity contribution in [2.24, 2.45) is 0 Å². The minimum Gasteiger partial charge on any atom is -0.396 e. The average Bonchev–Trinajstić information content (AvgIpc) is 2.26. The Hall–Kier alpha value is -0.860. The summed E-state index contributed by atoms with van der Waals surface area (Å²) >= 11 is 0. The zero-order valence-corrected chi connectivity index (χ0v) is 9.85. The molecule has 0 aliphatic rings. The van der Waals surface area contributed by atoms with Crippen molar-refractivity contribution in [1.82, 2.24) is 4.90 Å². The van der Waals surface area contributed by atoms with Gasteiger partial charge in [0.15, 0.2) is 0 Å². The molecule has 0 amide bonds. The van der Waals surface area contributed by atoms with Gasteiger partial charge in [-0.3, -0.25) is 0 Å².